The highest BCUT2D eigenvalue weighted by molar-refractivity contribution is 6.00. The SMILES string of the molecule is COC(=O)CCC(=O)N1CCC2(CC1)CC(=O)c1cc(C)ccc1O2. The number of likely N-dealkylation sites (tertiary alicyclic amines) is 1. The number of carbonyl (C=O) groups is 3. The quantitative estimate of drug-likeness (QED) is 0.786. The van der Waals surface area contributed by atoms with Crippen molar-refractivity contribution in [2.24, 2.45) is 0 Å². The molecule has 3 rings (SSSR count). The van der Waals surface area contributed by atoms with Crippen molar-refractivity contribution >= 4 is 17.7 Å². The molecule has 6 nitrogen and oxygen atoms in total. The molecule has 0 saturated carbocycles. The van der Waals surface area contributed by atoms with Gasteiger partial charge in [0, 0.05) is 32.4 Å². The largest absolute Gasteiger partial charge is 0.486 e. The van der Waals surface area contributed by atoms with Gasteiger partial charge in [-0.1, -0.05) is 11.6 Å². The summed E-state index contributed by atoms with van der Waals surface area (Å²) in [5.41, 5.74) is 1.18. The van der Waals surface area contributed by atoms with Gasteiger partial charge in [0.05, 0.1) is 25.5 Å². The Labute approximate surface area is 147 Å². The first kappa shape index (κ1) is 17.5. The summed E-state index contributed by atoms with van der Waals surface area (Å²) in [6.45, 7) is 3.03. The van der Waals surface area contributed by atoms with Crippen LogP contribution >= 0.6 is 0 Å². The van der Waals surface area contributed by atoms with Crippen molar-refractivity contribution in [2.45, 2.75) is 44.6 Å². The van der Waals surface area contributed by atoms with E-state index in [1.807, 2.05) is 25.1 Å². The summed E-state index contributed by atoms with van der Waals surface area (Å²) in [6.07, 6.45) is 1.85. The number of hydrogen-bond donors (Lipinski definition) is 0. The van der Waals surface area contributed by atoms with Crippen molar-refractivity contribution in [3.05, 3.63) is 29.3 Å². The number of ether oxygens (including phenoxy) is 2. The summed E-state index contributed by atoms with van der Waals surface area (Å²) in [7, 11) is 1.31. The lowest BCUT2D eigenvalue weighted by Crippen LogP contribution is -2.52. The number of carbonyl (C=O) groups excluding carboxylic acids is 3. The van der Waals surface area contributed by atoms with Crippen LogP contribution in [-0.2, 0) is 14.3 Å². The average molecular weight is 345 g/mol. The lowest BCUT2D eigenvalue weighted by atomic mass is 9.82. The maximum atomic E-state index is 12.5. The molecule has 0 radical (unpaired) electrons. The van der Waals surface area contributed by atoms with E-state index in [0.717, 1.165) is 5.56 Å². The zero-order chi connectivity index (χ0) is 18.0. The highest BCUT2D eigenvalue weighted by Gasteiger charge is 2.43. The number of piperidine rings is 1. The van der Waals surface area contributed by atoms with Crippen LogP contribution < -0.4 is 4.74 Å². The molecule has 134 valence electrons. The molecule has 1 fully saturated rings. The van der Waals surface area contributed by atoms with Crippen molar-refractivity contribution in [2.75, 3.05) is 20.2 Å². The molecule has 6 heteroatoms. The van der Waals surface area contributed by atoms with Gasteiger partial charge in [-0.3, -0.25) is 14.4 Å². The minimum Gasteiger partial charge on any atom is -0.486 e. The fourth-order valence-electron chi connectivity index (χ4n) is 3.52. The van der Waals surface area contributed by atoms with Gasteiger partial charge >= 0.3 is 5.97 Å². The van der Waals surface area contributed by atoms with Crippen LogP contribution in [0.15, 0.2) is 18.2 Å². The van der Waals surface area contributed by atoms with E-state index < -0.39 is 5.60 Å². The Hall–Kier alpha value is -2.37. The van der Waals surface area contributed by atoms with E-state index >= 15 is 0 Å². The van der Waals surface area contributed by atoms with Crippen molar-refractivity contribution < 1.29 is 23.9 Å². The lowest BCUT2D eigenvalue weighted by Gasteiger charge is -2.44. The molecule has 0 aliphatic carbocycles. The fourth-order valence-corrected chi connectivity index (χ4v) is 3.52. The second-order valence-electron chi connectivity index (χ2n) is 6.84. The maximum Gasteiger partial charge on any atom is 0.306 e. The zero-order valence-electron chi connectivity index (χ0n) is 14.7. The van der Waals surface area contributed by atoms with E-state index in [4.69, 9.17) is 4.74 Å². The molecule has 1 saturated heterocycles. The minimum atomic E-state index is -0.515. The van der Waals surface area contributed by atoms with Gasteiger partial charge in [0.1, 0.15) is 11.4 Å². The Bertz CT molecular complexity index is 704. The molecule has 1 amide bonds. The second-order valence-corrected chi connectivity index (χ2v) is 6.84. The van der Waals surface area contributed by atoms with Gasteiger partial charge in [-0.05, 0) is 19.1 Å². The summed E-state index contributed by atoms with van der Waals surface area (Å²) in [5, 5.41) is 0. The number of methoxy groups -OCH3 is 1. The molecule has 0 bridgehead atoms. The predicted octanol–water partition coefficient (Wildman–Crippen LogP) is 2.27. The van der Waals surface area contributed by atoms with Gasteiger partial charge in [-0.2, -0.15) is 0 Å². The zero-order valence-corrected chi connectivity index (χ0v) is 14.7. The topological polar surface area (TPSA) is 72.9 Å². The molecule has 25 heavy (non-hydrogen) atoms. The molecule has 1 aromatic carbocycles. The normalized spacial score (nSPS) is 18.5. The molecule has 0 unspecified atom stereocenters. The van der Waals surface area contributed by atoms with E-state index in [0.29, 0.717) is 43.7 Å². The number of hydrogen-bond acceptors (Lipinski definition) is 5. The Morgan fingerprint density at radius 3 is 2.64 bits per heavy atom. The molecule has 2 aliphatic rings. The molecule has 0 N–H and O–H groups in total. The Morgan fingerprint density at radius 2 is 1.96 bits per heavy atom. The predicted molar refractivity (Wildman–Crippen MR) is 90.5 cm³/mol. The summed E-state index contributed by atoms with van der Waals surface area (Å²) in [4.78, 5) is 37.6. The van der Waals surface area contributed by atoms with E-state index in [1.165, 1.54) is 7.11 Å². The number of benzene rings is 1. The molecule has 0 atom stereocenters. The molecule has 1 aromatic rings. The molecular weight excluding hydrogens is 322 g/mol. The molecule has 0 aromatic heterocycles. The fraction of sp³-hybridized carbons (Fsp3) is 0.526. The summed E-state index contributed by atoms with van der Waals surface area (Å²) in [6, 6.07) is 5.67. The van der Waals surface area contributed by atoms with Gasteiger partial charge in [-0.15, -0.1) is 0 Å². The van der Waals surface area contributed by atoms with Crippen LogP contribution in [0.3, 0.4) is 0 Å². The van der Waals surface area contributed by atoms with E-state index in [2.05, 4.69) is 4.74 Å². The summed E-state index contributed by atoms with van der Waals surface area (Å²) >= 11 is 0. The number of esters is 1. The molecular formula is C19H23NO5. The Balaban J connectivity index is 1.62. The van der Waals surface area contributed by atoms with Crippen molar-refractivity contribution in [1.29, 1.82) is 0 Å². The van der Waals surface area contributed by atoms with Crippen LogP contribution in [-0.4, -0.2) is 48.4 Å². The number of aryl methyl sites for hydroxylation is 1. The van der Waals surface area contributed by atoms with Crippen molar-refractivity contribution in [3.8, 4) is 5.75 Å². The third-order valence-corrected chi connectivity index (χ3v) is 5.04. The van der Waals surface area contributed by atoms with Gasteiger partial charge in [-0.25, -0.2) is 0 Å². The van der Waals surface area contributed by atoms with E-state index in [1.54, 1.807) is 4.90 Å². The van der Waals surface area contributed by atoms with Gasteiger partial charge in [0.25, 0.3) is 0 Å². The van der Waals surface area contributed by atoms with Crippen molar-refractivity contribution in [1.82, 2.24) is 4.90 Å². The average Bonchev–Trinajstić information content (AvgIpc) is 2.61. The smallest absolute Gasteiger partial charge is 0.306 e. The van der Waals surface area contributed by atoms with E-state index in [9.17, 15) is 14.4 Å². The monoisotopic (exact) mass is 345 g/mol. The van der Waals surface area contributed by atoms with Crippen LogP contribution in [0.2, 0.25) is 0 Å². The van der Waals surface area contributed by atoms with Crippen LogP contribution in [0.5, 0.6) is 5.75 Å². The van der Waals surface area contributed by atoms with Gasteiger partial charge in [0.15, 0.2) is 5.78 Å². The van der Waals surface area contributed by atoms with Crippen LogP contribution in [0.4, 0.5) is 0 Å². The van der Waals surface area contributed by atoms with Crippen LogP contribution in [0, 0.1) is 6.92 Å². The number of fused-ring (bicyclic) bond motifs is 1. The number of ketones is 1. The first-order valence-corrected chi connectivity index (χ1v) is 8.60. The summed E-state index contributed by atoms with van der Waals surface area (Å²) < 4.78 is 10.8. The Morgan fingerprint density at radius 1 is 1.24 bits per heavy atom. The summed E-state index contributed by atoms with van der Waals surface area (Å²) in [5.74, 6) is 0.316. The molecule has 2 heterocycles. The maximum absolute atomic E-state index is 12.5. The second kappa shape index (κ2) is 6.86. The third-order valence-electron chi connectivity index (χ3n) is 5.04. The van der Waals surface area contributed by atoms with Gasteiger partial charge in [0.2, 0.25) is 5.91 Å². The highest BCUT2D eigenvalue weighted by Crippen LogP contribution is 2.39. The standard InChI is InChI=1S/C19H23NO5/c1-13-3-4-16-14(11-13)15(21)12-19(25-16)7-9-20(10-8-19)17(22)5-6-18(23)24-2/h3-4,11H,5-10,12H2,1-2H3. The van der Waals surface area contributed by atoms with Gasteiger partial charge < -0.3 is 14.4 Å². The number of Topliss-reactive ketones (excluding diaryl/α,β-unsaturated/α-hetero) is 1. The van der Waals surface area contributed by atoms with Crippen molar-refractivity contribution in [3.63, 3.8) is 0 Å². The molecule has 2 aliphatic heterocycles. The number of rotatable bonds is 3. The number of nitrogens with zero attached hydrogens (tertiary/aromatic N) is 1. The minimum absolute atomic E-state index is 0.0570. The van der Waals surface area contributed by atoms with Crippen LogP contribution in [0.1, 0.15) is 48.0 Å². The lowest BCUT2D eigenvalue weighted by molar-refractivity contribution is -0.144. The third kappa shape index (κ3) is 3.67. The van der Waals surface area contributed by atoms with Crippen LogP contribution in [0.25, 0.3) is 0 Å². The highest BCUT2D eigenvalue weighted by atomic mass is 16.5. The van der Waals surface area contributed by atoms with E-state index in [-0.39, 0.29) is 30.5 Å². The first-order valence-electron chi connectivity index (χ1n) is 8.60. The Kier molecular flexibility index (Phi) is 4.79. The molecule has 1 spiro atoms. The first-order chi connectivity index (χ1) is 11.9. The number of amides is 1.